The van der Waals surface area contributed by atoms with Gasteiger partial charge in [0.25, 0.3) is 0 Å². The zero-order chi connectivity index (χ0) is 18.9. The van der Waals surface area contributed by atoms with Gasteiger partial charge in [-0.25, -0.2) is 12.8 Å². The summed E-state index contributed by atoms with van der Waals surface area (Å²) < 4.78 is 40.8. The maximum absolute atomic E-state index is 14.8. The van der Waals surface area contributed by atoms with Crippen molar-refractivity contribution in [1.29, 1.82) is 0 Å². The van der Waals surface area contributed by atoms with Crippen molar-refractivity contribution in [3.63, 3.8) is 0 Å². The highest BCUT2D eigenvalue weighted by Gasteiger charge is 2.49. The summed E-state index contributed by atoms with van der Waals surface area (Å²) in [6.45, 7) is 1.85. The van der Waals surface area contributed by atoms with Crippen molar-refractivity contribution >= 4 is 15.5 Å². The average molecular weight is 376 g/mol. The standard InChI is InChI=1S/C20H25FN2O2S/c1-14-3-8-19(21)18(13-14)20(11-9-16(23-2)10-12-20)26(24,25)17-6-4-15(22)5-7-17/h3-8,13,16,23H,9-12,22H2,1-2H3. The van der Waals surface area contributed by atoms with Crippen molar-refractivity contribution in [2.45, 2.75) is 48.3 Å². The third-order valence-corrected chi connectivity index (χ3v) is 8.07. The minimum Gasteiger partial charge on any atom is -0.399 e. The van der Waals surface area contributed by atoms with E-state index in [4.69, 9.17) is 5.73 Å². The number of halogens is 1. The van der Waals surface area contributed by atoms with Gasteiger partial charge >= 0.3 is 0 Å². The number of nitrogens with one attached hydrogen (secondary N) is 1. The molecule has 1 saturated carbocycles. The first-order valence-electron chi connectivity index (χ1n) is 8.84. The monoisotopic (exact) mass is 376 g/mol. The van der Waals surface area contributed by atoms with Crippen LogP contribution in [0.5, 0.6) is 0 Å². The Morgan fingerprint density at radius 3 is 2.31 bits per heavy atom. The molecule has 1 fully saturated rings. The highest BCUT2D eigenvalue weighted by molar-refractivity contribution is 7.92. The quantitative estimate of drug-likeness (QED) is 0.801. The lowest BCUT2D eigenvalue weighted by Crippen LogP contribution is -2.44. The highest BCUT2D eigenvalue weighted by Crippen LogP contribution is 2.48. The van der Waals surface area contributed by atoms with Crippen molar-refractivity contribution in [3.05, 3.63) is 59.4 Å². The summed E-state index contributed by atoms with van der Waals surface area (Å²) in [4.78, 5) is 0.190. The van der Waals surface area contributed by atoms with E-state index in [0.29, 0.717) is 31.4 Å². The van der Waals surface area contributed by atoms with Crippen molar-refractivity contribution in [1.82, 2.24) is 5.32 Å². The molecule has 26 heavy (non-hydrogen) atoms. The Bertz CT molecular complexity index is 887. The summed E-state index contributed by atoms with van der Waals surface area (Å²) in [6, 6.07) is 11.2. The fraction of sp³-hybridized carbons (Fsp3) is 0.400. The number of benzene rings is 2. The van der Waals surface area contributed by atoms with E-state index < -0.39 is 20.4 Å². The first-order chi connectivity index (χ1) is 12.3. The molecular weight excluding hydrogens is 351 g/mol. The van der Waals surface area contributed by atoms with Crippen LogP contribution in [-0.2, 0) is 14.6 Å². The first-order valence-corrected chi connectivity index (χ1v) is 10.3. The number of anilines is 1. The minimum atomic E-state index is -3.79. The smallest absolute Gasteiger partial charge is 0.188 e. The molecule has 0 heterocycles. The lowest BCUT2D eigenvalue weighted by atomic mass is 9.80. The zero-order valence-electron chi connectivity index (χ0n) is 15.1. The SMILES string of the molecule is CNC1CCC(c2cc(C)ccc2F)(S(=O)(=O)c2ccc(N)cc2)CC1. The Kier molecular flexibility index (Phi) is 5.08. The van der Waals surface area contributed by atoms with Crippen LogP contribution in [0.15, 0.2) is 47.4 Å². The molecule has 2 aromatic rings. The zero-order valence-corrected chi connectivity index (χ0v) is 15.9. The number of hydrogen-bond donors (Lipinski definition) is 2. The maximum atomic E-state index is 14.8. The Hall–Kier alpha value is -1.92. The second-order valence-corrected chi connectivity index (χ2v) is 9.37. The van der Waals surface area contributed by atoms with Gasteiger partial charge in [0.2, 0.25) is 0 Å². The molecule has 0 spiro atoms. The van der Waals surface area contributed by atoms with Gasteiger partial charge in [0.05, 0.1) is 4.90 Å². The molecule has 3 N–H and O–H groups in total. The van der Waals surface area contributed by atoms with E-state index in [9.17, 15) is 12.8 Å². The van der Waals surface area contributed by atoms with E-state index in [1.54, 1.807) is 24.3 Å². The summed E-state index contributed by atoms with van der Waals surface area (Å²) >= 11 is 0. The number of aryl methyl sites for hydroxylation is 1. The summed E-state index contributed by atoms with van der Waals surface area (Å²) in [7, 11) is -1.91. The molecule has 2 aromatic carbocycles. The molecule has 0 aromatic heterocycles. The summed E-state index contributed by atoms with van der Waals surface area (Å²) in [6.07, 6.45) is 2.12. The fourth-order valence-electron chi connectivity index (χ4n) is 3.92. The average Bonchev–Trinajstić information content (AvgIpc) is 2.64. The Morgan fingerprint density at radius 1 is 1.12 bits per heavy atom. The van der Waals surface area contributed by atoms with Crippen LogP contribution >= 0.6 is 0 Å². The molecule has 3 rings (SSSR count). The van der Waals surface area contributed by atoms with E-state index in [0.717, 1.165) is 5.56 Å². The molecule has 0 aliphatic heterocycles. The van der Waals surface area contributed by atoms with Crippen LogP contribution in [0.2, 0.25) is 0 Å². The summed E-state index contributed by atoms with van der Waals surface area (Å²) in [5, 5.41) is 3.21. The van der Waals surface area contributed by atoms with Crippen LogP contribution in [-0.4, -0.2) is 21.5 Å². The maximum Gasteiger partial charge on any atom is 0.188 e. The molecular formula is C20H25FN2O2S. The molecule has 140 valence electrons. The van der Waals surface area contributed by atoms with Gasteiger partial charge in [0.15, 0.2) is 9.84 Å². The third-order valence-electron chi connectivity index (χ3n) is 5.52. The molecule has 0 atom stereocenters. The molecule has 1 aliphatic rings. The summed E-state index contributed by atoms with van der Waals surface area (Å²) in [5.74, 6) is -0.461. The molecule has 4 nitrogen and oxygen atoms in total. The number of rotatable bonds is 4. The summed E-state index contributed by atoms with van der Waals surface area (Å²) in [5.41, 5.74) is 7.34. The van der Waals surface area contributed by atoms with Gasteiger partial charge in [0, 0.05) is 17.3 Å². The van der Waals surface area contributed by atoms with Crippen molar-refractivity contribution in [3.8, 4) is 0 Å². The second kappa shape index (κ2) is 7.00. The lowest BCUT2D eigenvalue weighted by molar-refractivity contribution is 0.313. The van der Waals surface area contributed by atoms with Crippen LogP contribution in [0, 0.1) is 12.7 Å². The van der Waals surface area contributed by atoms with Crippen LogP contribution in [0.3, 0.4) is 0 Å². The normalized spacial score (nSPS) is 23.7. The predicted molar refractivity (Wildman–Crippen MR) is 102 cm³/mol. The van der Waals surface area contributed by atoms with E-state index >= 15 is 0 Å². The molecule has 0 bridgehead atoms. The van der Waals surface area contributed by atoms with Gasteiger partial charge in [-0.05, 0) is 70.0 Å². The lowest BCUT2D eigenvalue weighted by Gasteiger charge is -2.40. The third kappa shape index (κ3) is 3.12. The van der Waals surface area contributed by atoms with E-state index in [1.165, 1.54) is 18.2 Å². The molecule has 0 saturated heterocycles. The Labute approximate surface area is 154 Å². The van der Waals surface area contributed by atoms with E-state index in [-0.39, 0.29) is 16.5 Å². The molecule has 0 radical (unpaired) electrons. The molecule has 0 unspecified atom stereocenters. The van der Waals surface area contributed by atoms with Crippen molar-refractivity contribution in [2.75, 3.05) is 12.8 Å². The van der Waals surface area contributed by atoms with Crippen LogP contribution < -0.4 is 11.1 Å². The minimum absolute atomic E-state index is 0.190. The van der Waals surface area contributed by atoms with Gasteiger partial charge in [0.1, 0.15) is 10.6 Å². The van der Waals surface area contributed by atoms with Crippen molar-refractivity contribution in [2.24, 2.45) is 0 Å². The Balaban J connectivity index is 2.18. The van der Waals surface area contributed by atoms with Crippen molar-refractivity contribution < 1.29 is 12.8 Å². The fourth-order valence-corrected chi connectivity index (χ4v) is 6.08. The highest BCUT2D eigenvalue weighted by atomic mass is 32.2. The van der Waals surface area contributed by atoms with Gasteiger partial charge in [-0.15, -0.1) is 0 Å². The number of hydrogen-bond acceptors (Lipinski definition) is 4. The van der Waals surface area contributed by atoms with Gasteiger partial charge in [-0.3, -0.25) is 0 Å². The van der Waals surface area contributed by atoms with E-state index in [1.807, 2.05) is 14.0 Å². The second-order valence-electron chi connectivity index (χ2n) is 7.11. The van der Waals surface area contributed by atoms with Gasteiger partial charge < -0.3 is 11.1 Å². The van der Waals surface area contributed by atoms with Crippen LogP contribution in [0.1, 0.15) is 36.8 Å². The van der Waals surface area contributed by atoms with Crippen LogP contribution in [0.4, 0.5) is 10.1 Å². The number of nitrogen functional groups attached to an aromatic ring is 1. The van der Waals surface area contributed by atoms with Crippen LogP contribution in [0.25, 0.3) is 0 Å². The van der Waals surface area contributed by atoms with E-state index in [2.05, 4.69) is 5.32 Å². The number of nitrogens with two attached hydrogens (primary N) is 1. The molecule has 6 heteroatoms. The predicted octanol–water partition coefficient (Wildman–Crippen LogP) is 3.55. The van der Waals surface area contributed by atoms with Gasteiger partial charge in [-0.1, -0.05) is 17.7 Å². The number of sulfone groups is 1. The molecule has 1 aliphatic carbocycles. The Morgan fingerprint density at radius 2 is 1.73 bits per heavy atom. The molecule has 0 amide bonds. The topological polar surface area (TPSA) is 72.2 Å². The largest absolute Gasteiger partial charge is 0.399 e. The first kappa shape index (κ1) is 18.9. The van der Waals surface area contributed by atoms with Gasteiger partial charge in [-0.2, -0.15) is 0 Å².